The second-order valence-electron chi connectivity index (χ2n) is 4.94. The van der Waals surface area contributed by atoms with Gasteiger partial charge in [-0.25, -0.2) is 0 Å². The molecule has 1 aliphatic rings. The number of hydrogen-bond acceptors (Lipinski definition) is 3. The van der Waals surface area contributed by atoms with E-state index < -0.39 is 0 Å². The zero-order valence-electron chi connectivity index (χ0n) is 11.4. The molecule has 0 aromatic heterocycles. The van der Waals surface area contributed by atoms with Gasteiger partial charge >= 0.3 is 0 Å². The summed E-state index contributed by atoms with van der Waals surface area (Å²) in [6.45, 7) is 4.78. The van der Waals surface area contributed by atoms with Crippen molar-refractivity contribution in [2.75, 3.05) is 13.2 Å². The number of nitrogens with zero attached hydrogens (tertiary/aromatic N) is 1. The predicted molar refractivity (Wildman–Crippen MR) is 68.9 cm³/mol. The molecule has 1 fully saturated rings. The lowest BCUT2D eigenvalue weighted by Crippen LogP contribution is -2.47. The van der Waals surface area contributed by atoms with Crippen LogP contribution in [0.15, 0.2) is 0 Å². The van der Waals surface area contributed by atoms with Gasteiger partial charge in [-0.3, -0.25) is 9.59 Å². The highest BCUT2D eigenvalue weighted by Gasteiger charge is 2.27. The maximum atomic E-state index is 12.1. The Morgan fingerprint density at radius 1 is 1.44 bits per heavy atom. The van der Waals surface area contributed by atoms with Crippen LogP contribution in [0.2, 0.25) is 0 Å². The fraction of sp³-hybridized carbons (Fsp3) is 0.846. The van der Waals surface area contributed by atoms with Crippen LogP contribution in [0.5, 0.6) is 0 Å². The van der Waals surface area contributed by atoms with Gasteiger partial charge in [0.15, 0.2) is 0 Å². The van der Waals surface area contributed by atoms with Gasteiger partial charge in [0.2, 0.25) is 11.8 Å². The Labute approximate surface area is 109 Å². The highest BCUT2D eigenvalue weighted by atomic mass is 16.5. The number of nitrogens with two attached hydrogens (primary N) is 1. The maximum absolute atomic E-state index is 12.1. The topological polar surface area (TPSA) is 72.6 Å². The van der Waals surface area contributed by atoms with Crippen molar-refractivity contribution in [2.24, 2.45) is 5.73 Å². The van der Waals surface area contributed by atoms with Crippen molar-refractivity contribution in [1.29, 1.82) is 0 Å². The van der Waals surface area contributed by atoms with Gasteiger partial charge in [0.1, 0.15) is 6.61 Å². The van der Waals surface area contributed by atoms with Gasteiger partial charge in [-0.05, 0) is 32.6 Å². The van der Waals surface area contributed by atoms with E-state index in [1.807, 2.05) is 13.8 Å². The Morgan fingerprint density at radius 3 is 2.78 bits per heavy atom. The lowest BCUT2D eigenvalue weighted by molar-refractivity contribution is -0.142. The largest absolute Gasteiger partial charge is 0.370 e. The van der Waals surface area contributed by atoms with Crippen LogP contribution in [0.4, 0.5) is 0 Å². The molecular formula is C13H24N2O3. The molecule has 0 unspecified atom stereocenters. The number of ether oxygens (including phenoxy) is 1. The number of piperidine rings is 1. The normalized spacial score (nSPS) is 21.7. The van der Waals surface area contributed by atoms with Gasteiger partial charge in [0.05, 0.1) is 6.10 Å². The van der Waals surface area contributed by atoms with Crippen molar-refractivity contribution in [1.82, 2.24) is 4.90 Å². The monoisotopic (exact) mass is 256 g/mol. The van der Waals surface area contributed by atoms with Gasteiger partial charge in [0, 0.05) is 19.0 Å². The van der Waals surface area contributed by atoms with Crippen LogP contribution < -0.4 is 5.73 Å². The fourth-order valence-corrected chi connectivity index (χ4v) is 2.19. The van der Waals surface area contributed by atoms with Crippen LogP contribution in [-0.4, -0.2) is 42.0 Å². The van der Waals surface area contributed by atoms with Crippen molar-refractivity contribution in [3.05, 3.63) is 0 Å². The zero-order valence-corrected chi connectivity index (χ0v) is 11.4. The second kappa shape index (κ2) is 7.36. The average molecular weight is 256 g/mol. The number of hydrogen-bond donors (Lipinski definition) is 1. The summed E-state index contributed by atoms with van der Waals surface area (Å²) in [7, 11) is 0. The van der Waals surface area contributed by atoms with E-state index in [-0.39, 0.29) is 37.0 Å². The highest BCUT2D eigenvalue weighted by Crippen LogP contribution is 2.19. The van der Waals surface area contributed by atoms with E-state index in [4.69, 9.17) is 10.5 Å². The number of carbonyl (C=O) groups excluding carboxylic acids is 2. The molecule has 1 rings (SSSR count). The molecule has 2 amide bonds. The first-order valence-electron chi connectivity index (χ1n) is 6.74. The van der Waals surface area contributed by atoms with Crippen LogP contribution >= 0.6 is 0 Å². The molecule has 1 heterocycles. The molecule has 0 aliphatic carbocycles. The van der Waals surface area contributed by atoms with E-state index >= 15 is 0 Å². The third-order valence-corrected chi connectivity index (χ3v) is 3.45. The average Bonchev–Trinajstić information content (AvgIpc) is 2.35. The minimum absolute atomic E-state index is 0.0266. The first-order chi connectivity index (χ1) is 8.54. The third kappa shape index (κ3) is 4.64. The quantitative estimate of drug-likeness (QED) is 0.772. The van der Waals surface area contributed by atoms with E-state index in [2.05, 4.69) is 0 Å². The molecule has 0 bridgehead atoms. The molecule has 0 saturated carbocycles. The Bertz CT molecular complexity index is 294. The number of rotatable bonds is 6. The fourth-order valence-electron chi connectivity index (χ4n) is 2.19. The SMILES string of the molecule is CC[C@H](C)OCC(=O)N1CCCC[C@@H]1CC(N)=O. The van der Waals surface area contributed by atoms with Crippen LogP contribution in [0.1, 0.15) is 46.0 Å². The summed E-state index contributed by atoms with van der Waals surface area (Å²) in [5, 5.41) is 0. The predicted octanol–water partition coefficient (Wildman–Crippen LogP) is 1.06. The van der Waals surface area contributed by atoms with Crippen LogP contribution in [0.25, 0.3) is 0 Å². The van der Waals surface area contributed by atoms with Crippen LogP contribution in [0.3, 0.4) is 0 Å². The third-order valence-electron chi connectivity index (χ3n) is 3.45. The Morgan fingerprint density at radius 2 is 2.17 bits per heavy atom. The molecule has 0 aromatic carbocycles. The van der Waals surface area contributed by atoms with Crippen LogP contribution in [0, 0.1) is 0 Å². The van der Waals surface area contributed by atoms with Gasteiger partial charge in [-0.15, -0.1) is 0 Å². The number of primary amides is 1. The van der Waals surface area contributed by atoms with Crippen LogP contribution in [-0.2, 0) is 14.3 Å². The summed E-state index contributed by atoms with van der Waals surface area (Å²) < 4.78 is 5.45. The lowest BCUT2D eigenvalue weighted by atomic mass is 9.99. The molecule has 0 radical (unpaired) electrons. The molecule has 104 valence electrons. The standard InChI is InChI=1S/C13H24N2O3/c1-3-10(2)18-9-13(17)15-7-5-4-6-11(15)8-12(14)16/h10-11H,3-9H2,1-2H3,(H2,14,16)/t10-,11+/m0/s1. The molecule has 0 spiro atoms. The number of carbonyl (C=O) groups is 2. The Kier molecular flexibility index (Phi) is 6.12. The molecule has 0 aromatic rings. The minimum atomic E-state index is -0.345. The molecule has 5 nitrogen and oxygen atoms in total. The lowest BCUT2D eigenvalue weighted by Gasteiger charge is -2.35. The molecule has 2 atom stereocenters. The Hall–Kier alpha value is -1.10. The summed E-state index contributed by atoms with van der Waals surface area (Å²) in [5.74, 6) is -0.371. The summed E-state index contributed by atoms with van der Waals surface area (Å²) in [5.41, 5.74) is 5.22. The van der Waals surface area contributed by atoms with Gasteiger partial charge < -0.3 is 15.4 Å². The first kappa shape index (κ1) is 15.0. The number of amides is 2. The summed E-state index contributed by atoms with van der Waals surface area (Å²) >= 11 is 0. The molecule has 5 heteroatoms. The Balaban J connectivity index is 2.49. The van der Waals surface area contributed by atoms with Crippen molar-refractivity contribution < 1.29 is 14.3 Å². The van der Waals surface area contributed by atoms with Gasteiger partial charge in [0.25, 0.3) is 0 Å². The van der Waals surface area contributed by atoms with E-state index in [1.54, 1.807) is 4.90 Å². The van der Waals surface area contributed by atoms with E-state index in [0.717, 1.165) is 25.7 Å². The number of likely N-dealkylation sites (tertiary alicyclic amines) is 1. The summed E-state index contributed by atoms with van der Waals surface area (Å²) in [4.78, 5) is 24.8. The van der Waals surface area contributed by atoms with Crippen molar-refractivity contribution in [2.45, 2.75) is 58.1 Å². The first-order valence-corrected chi connectivity index (χ1v) is 6.74. The molecule has 1 aliphatic heterocycles. The summed E-state index contributed by atoms with van der Waals surface area (Å²) in [6.07, 6.45) is 4.14. The summed E-state index contributed by atoms with van der Waals surface area (Å²) in [6, 6.07) is -0.0377. The molecule has 1 saturated heterocycles. The van der Waals surface area contributed by atoms with Crippen molar-refractivity contribution >= 4 is 11.8 Å². The molecule has 2 N–H and O–H groups in total. The van der Waals surface area contributed by atoms with Crippen molar-refractivity contribution in [3.8, 4) is 0 Å². The minimum Gasteiger partial charge on any atom is -0.370 e. The van der Waals surface area contributed by atoms with Crippen molar-refractivity contribution in [3.63, 3.8) is 0 Å². The van der Waals surface area contributed by atoms with Gasteiger partial charge in [-0.2, -0.15) is 0 Å². The van der Waals surface area contributed by atoms with E-state index in [0.29, 0.717) is 6.54 Å². The van der Waals surface area contributed by atoms with Gasteiger partial charge in [-0.1, -0.05) is 6.92 Å². The molecule has 18 heavy (non-hydrogen) atoms. The second-order valence-corrected chi connectivity index (χ2v) is 4.94. The van der Waals surface area contributed by atoms with E-state index in [1.165, 1.54) is 0 Å². The van der Waals surface area contributed by atoms with E-state index in [9.17, 15) is 9.59 Å². The zero-order chi connectivity index (χ0) is 13.5. The highest BCUT2D eigenvalue weighted by molar-refractivity contribution is 5.80. The smallest absolute Gasteiger partial charge is 0.248 e. The maximum Gasteiger partial charge on any atom is 0.248 e. The molecular weight excluding hydrogens is 232 g/mol.